The minimum Gasteiger partial charge on any atom is -0.397 e. The average Bonchev–Trinajstić information content (AvgIpc) is 2.46. The topological polar surface area (TPSA) is 58.4 Å². The van der Waals surface area contributed by atoms with Crippen molar-refractivity contribution in [3.8, 4) is 0 Å². The first-order valence-corrected chi connectivity index (χ1v) is 7.99. The van der Waals surface area contributed by atoms with E-state index in [1.165, 1.54) is 25.7 Å². The molecule has 2 aliphatic rings. The molecule has 4 nitrogen and oxygen atoms in total. The van der Waals surface area contributed by atoms with E-state index in [0.29, 0.717) is 12.5 Å². The summed E-state index contributed by atoms with van der Waals surface area (Å²) in [6, 6.07) is 4.64. The van der Waals surface area contributed by atoms with E-state index in [1.54, 1.807) is 0 Å². The highest BCUT2D eigenvalue weighted by Gasteiger charge is 2.25. The summed E-state index contributed by atoms with van der Waals surface area (Å²) in [5, 5.41) is 2.97. The van der Waals surface area contributed by atoms with Crippen LogP contribution in [0.2, 0.25) is 0 Å². The largest absolute Gasteiger partial charge is 0.397 e. The summed E-state index contributed by atoms with van der Waals surface area (Å²) in [7, 11) is 2.13. The third-order valence-electron chi connectivity index (χ3n) is 4.98. The molecule has 114 valence electrons. The van der Waals surface area contributed by atoms with Crippen LogP contribution in [0.3, 0.4) is 0 Å². The number of aryl methyl sites for hydroxylation is 1. The number of anilines is 3. The Kier molecular flexibility index (Phi) is 3.79. The van der Waals surface area contributed by atoms with Crippen LogP contribution in [-0.4, -0.2) is 19.0 Å². The van der Waals surface area contributed by atoms with Gasteiger partial charge in [-0.1, -0.05) is 19.8 Å². The Morgan fingerprint density at radius 3 is 2.86 bits per heavy atom. The van der Waals surface area contributed by atoms with Crippen LogP contribution in [0, 0.1) is 5.92 Å². The quantitative estimate of drug-likeness (QED) is 0.821. The van der Waals surface area contributed by atoms with Crippen molar-refractivity contribution in [2.24, 2.45) is 5.92 Å². The summed E-state index contributed by atoms with van der Waals surface area (Å²) in [4.78, 5) is 13.9. The van der Waals surface area contributed by atoms with Crippen molar-refractivity contribution in [3.05, 3.63) is 17.7 Å². The number of hydrogen-bond acceptors (Lipinski definition) is 3. The highest BCUT2D eigenvalue weighted by molar-refractivity contribution is 5.95. The summed E-state index contributed by atoms with van der Waals surface area (Å²) in [5.74, 6) is 0.886. The zero-order valence-corrected chi connectivity index (χ0v) is 13.0. The van der Waals surface area contributed by atoms with Crippen LogP contribution in [0.4, 0.5) is 17.1 Å². The Morgan fingerprint density at radius 1 is 1.29 bits per heavy atom. The van der Waals surface area contributed by atoms with Crippen molar-refractivity contribution in [1.29, 1.82) is 0 Å². The lowest BCUT2D eigenvalue weighted by atomic mass is 9.86. The first-order valence-electron chi connectivity index (χ1n) is 7.99. The van der Waals surface area contributed by atoms with Crippen LogP contribution in [0.5, 0.6) is 0 Å². The van der Waals surface area contributed by atoms with E-state index < -0.39 is 0 Å². The van der Waals surface area contributed by atoms with Gasteiger partial charge in [-0.15, -0.1) is 0 Å². The lowest BCUT2D eigenvalue weighted by Gasteiger charge is -2.36. The molecule has 1 aromatic rings. The molecule has 4 heteroatoms. The molecule has 0 aromatic heterocycles. The molecular weight excluding hydrogens is 262 g/mol. The van der Waals surface area contributed by atoms with Crippen molar-refractivity contribution >= 4 is 23.0 Å². The Hall–Kier alpha value is -1.71. The number of carbonyl (C=O) groups excluding carboxylic acids is 1. The van der Waals surface area contributed by atoms with Gasteiger partial charge in [0, 0.05) is 25.2 Å². The lowest BCUT2D eigenvalue weighted by Crippen LogP contribution is -2.36. The van der Waals surface area contributed by atoms with E-state index in [1.807, 2.05) is 6.07 Å². The molecular formula is C17H25N3O. The molecule has 2 unspecified atom stereocenters. The average molecular weight is 287 g/mol. The van der Waals surface area contributed by atoms with Crippen LogP contribution in [0.15, 0.2) is 12.1 Å². The number of nitrogens with one attached hydrogen (secondary N) is 1. The smallest absolute Gasteiger partial charge is 0.224 e. The SMILES string of the molecule is CC1CCCC(N(C)c2cc3c(cc2N)CCC(=O)N3)C1. The summed E-state index contributed by atoms with van der Waals surface area (Å²) in [6.07, 6.45) is 6.42. The highest BCUT2D eigenvalue weighted by atomic mass is 16.1. The number of benzene rings is 1. The van der Waals surface area contributed by atoms with Crippen LogP contribution in [0.25, 0.3) is 0 Å². The van der Waals surface area contributed by atoms with E-state index in [9.17, 15) is 4.79 Å². The van der Waals surface area contributed by atoms with E-state index in [-0.39, 0.29) is 5.91 Å². The molecule has 1 aliphatic carbocycles. The first kappa shape index (κ1) is 14.2. The number of rotatable bonds is 2. The number of carbonyl (C=O) groups is 1. The van der Waals surface area contributed by atoms with Gasteiger partial charge in [0.1, 0.15) is 0 Å². The summed E-state index contributed by atoms with van der Waals surface area (Å²) in [5.41, 5.74) is 10.2. The molecule has 1 saturated carbocycles. The molecule has 2 atom stereocenters. The molecule has 1 fully saturated rings. The second-order valence-electron chi connectivity index (χ2n) is 6.65. The molecule has 1 aliphatic heterocycles. The number of hydrogen-bond donors (Lipinski definition) is 2. The van der Waals surface area contributed by atoms with Crippen molar-refractivity contribution in [2.75, 3.05) is 23.0 Å². The number of nitrogens with zero attached hydrogens (tertiary/aromatic N) is 1. The molecule has 3 N–H and O–H groups in total. The zero-order valence-electron chi connectivity index (χ0n) is 13.0. The highest BCUT2D eigenvalue weighted by Crippen LogP contribution is 2.36. The standard InChI is InChI=1S/C17H25N3O/c1-11-4-3-5-13(8-11)20(2)16-10-15-12(9-14(16)18)6-7-17(21)19-15/h9-11,13H,3-8,18H2,1-2H3,(H,19,21). The third-order valence-corrected chi connectivity index (χ3v) is 4.98. The number of nitrogens with two attached hydrogens (primary N) is 1. The maximum absolute atomic E-state index is 11.6. The van der Waals surface area contributed by atoms with Gasteiger partial charge in [0.25, 0.3) is 0 Å². The minimum atomic E-state index is 0.104. The third kappa shape index (κ3) is 2.85. The fraction of sp³-hybridized carbons (Fsp3) is 0.588. The van der Waals surface area contributed by atoms with E-state index in [4.69, 9.17) is 5.73 Å². The Bertz CT molecular complexity index is 555. The van der Waals surface area contributed by atoms with Crippen molar-refractivity contribution in [3.63, 3.8) is 0 Å². The molecule has 21 heavy (non-hydrogen) atoms. The van der Waals surface area contributed by atoms with Gasteiger partial charge in [-0.2, -0.15) is 0 Å². The van der Waals surface area contributed by atoms with Gasteiger partial charge < -0.3 is 16.0 Å². The first-order chi connectivity index (χ1) is 10.0. The van der Waals surface area contributed by atoms with Crippen molar-refractivity contribution in [1.82, 2.24) is 0 Å². The molecule has 0 spiro atoms. The molecule has 0 radical (unpaired) electrons. The number of nitrogen functional groups attached to an aromatic ring is 1. The molecule has 1 aromatic carbocycles. The van der Waals surface area contributed by atoms with Gasteiger partial charge in [-0.05, 0) is 42.9 Å². The van der Waals surface area contributed by atoms with Crippen LogP contribution in [0.1, 0.15) is 44.6 Å². The molecule has 0 bridgehead atoms. The van der Waals surface area contributed by atoms with Crippen LogP contribution >= 0.6 is 0 Å². The van der Waals surface area contributed by atoms with Crippen molar-refractivity contribution < 1.29 is 4.79 Å². The van der Waals surface area contributed by atoms with Crippen LogP contribution in [-0.2, 0) is 11.2 Å². The molecule has 0 saturated heterocycles. The van der Waals surface area contributed by atoms with E-state index in [0.717, 1.165) is 35.0 Å². The Balaban J connectivity index is 1.87. The Morgan fingerprint density at radius 2 is 2.10 bits per heavy atom. The molecule has 1 heterocycles. The summed E-state index contributed by atoms with van der Waals surface area (Å²) < 4.78 is 0. The minimum absolute atomic E-state index is 0.104. The second-order valence-corrected chi connectivity index (χ2v) is 6.65. The second kappa shape index (κ2) is 5.58. The van der Waals surface area contributed by atoms with Gasteiger partial charge in [-0.25, -0.2) is 0 Å². The lowest BCUT2D eigenvalue weighted by molar-refractivity contribution is -0.116. The maximum atomic E-state index is 11.6. The predicted octanol–water partition coefficient (Wildman–Crippen LogP) is 3.17. The van der Waals surface area contributed by atoms with Crippen molar-refractivity contribution in [2.45, 2.75) is 51.5 Å². The van der Waals surface area contributed by atoms with Gasteiger partial charge in [0.15, 0.2) is 0 Å². The Labute approximate surface area is 126 Å². The van der Waals surface area contributed by atoms with Gasteiger partial charge >= 0.3 is 0 Å². The fourth-order valence-electron chi connectivity index (χ4n) is 3.69. The van der Waals surface area contributed by atoms with E-state index in [2.05, 4.69) is 30.3 Å². The van der Waals surface area contributed by atoms with Gasteiger partial charge in [-0.3, -0.25) is 4.79 Å². The maximum Gasteiger partial charge on any atom is 0.224 e. The predicted molar refractivity (Wildman–Crippen MR) is 87.6 cm³/mol. The van der Waals surface area contributed by atoms with Gasteiger partial charge in [0.05, 0.1) is 11.4 Å². The zero-order chi connectivity index (χ0) is 15.0. The summed E-state index contributed by atoms with van der Waals surface area (Å²) >= 11 is 0. The van der Waals surface area contributed by atoms with E-state index >= 15 is 0 Å². The van der Waals surface area contributed by atoms with Crippen LogP contribution < -0.4 is 16.0 Å². The molecule has 3 rings (SSSR count). The summed E-state index contributed by atoms with van der Waals surface area (Å²) in [6.45, 7) is 2.33. The van der Waals surface area contributed by atoms with Gasteiger partial charge in [0.2, 0.25) is 5.91 Å². The monoisotopic (exact) mass is 287 g/mol. The normalized spacial score (nSPS) is 25.1. The molecule has 1 amide bonds. The fourth-order valence-corrected chi connectivity index (χ4v) is 3.69. The number of fused-ring (bicyclic) bond motifs is 1. The number of amides is 1.